The molecule has 0 spiro atoms. The van der Waals surface area contributed by atoms with Gasteiger partial charge in [-0.15, -0.1) is 0 Å². The number of nitriles is 1. The highest BCUT2D eigenvalue weighted by molar-refractivity contribution is 6.32. The van der Waals surface area contributed by atoms with E-state index in [1.165, 1.54) is 0 Å². The predicted octanol–water partition coefficient (Wildman–Crippen LogP) is 3.33. The van der Waals surface area contributed by atoms with Crippen LogP contribution in [0.4, 0.5) is 5.69 Å². The SMILES string of the molecule is COc1ccc(CCC(=O)N2CCCN(CC(=O)Nc3ccc(C#N)c(Cl)c3)CC2)cc1. The molecule has 8 heteroatoms. The van der Waals surface area contributed by atoms with Gasteiger partial charge in [0.2, 0.25) is 11.8 Å². The smallest absolute Gasteiger partial charge is 0.238 e. The number of methoxy groups -OCH3 is 1. The second-order valence-corrected chi connectivity index (χ2v) is 8.12. The molecule has 3 rings (SSSR count). The Morgan fingerprint density at radius 2 is 1.91 bits per heavy atom. The van der Waals surface area contributed by atoms with Gasteiger partial charge in [0.15, 0.2) is 0 Å². The molecular weight excluding hydrogens is 428 g/mol. The predicted molar refractivity (Wildman–Crippen MR) is 124 cm³/mol. The first-order valence-electron chi connectivity index (χ1n) is 10.6. The molecule has 0 radical (unpaired) electrons. The number of halogens is 1. The normalized spacial score (nSPS) is 14.3. The zero-order valence-corrected chi connectivity index (χ0v) is 18.9. The maximum Gasteiger partial charge on any atom is 0.238 e. The Kier molecular flexibility index (Phi) is 8.48. The van der Waals surface area contributed by atoms with E-state index in [2.05, 4.69) is 10.2 Å². The third-order valence-corrected chi connectivity index (χ3v) is 5.78. The van der Waals surface area contributed by atoms with Crippen LogP contribution in [0.15, 0.2) is 42.5 Å². The lowest BCUT2D eigenvalue weighted by Gasteiger charge is -2.22. The molecule has 32 heavy (non-hydrogen) atoms. The average Bonchev–Trinajstić information content (AvgIpc) is 3.03. The molecule has 7 nitrogen and oxygen atoms in total. The van der Waals surface area contributed by atoms with Crippen LogP contribution < -0.4 is 10.1 Å². The van der Waals surface area contributed by atoms with E-state index in [4.69, 9.17) is 21.6 Å². The Balaban J connectivity index is 1.44. The van der Waals surface area contributed by atoms with E-state index in [0.29, 0.717) is 48.7 Å². The lowest BCUT2D eigenvalue weighted by molar-refractivity contribution is -0.131. The number of rotatable bonds is 7. The Labute approximate surface area is 193 Å². The molecule has 1 aliphatic rings. The van der Waals surface area contributed by atoms with Gasteiger partial charge in [-0.1, -0.05) is 23.7 Å². The Bertz CT molecular complexity index is 988. The van der Waals surface area contributed by atoms with Crippen molar-refractivity contribution in [3.63, 3.8) is 0 Å². The number of ether oxygens (including phenoxy) is 1. The summed E-state index contributed by atoms with van der Waals surface area (Å²) >= 11 is 6.02. The average molecular weight is 455 g/mol. The molecule has 0 aromatic heterocycles. The standard InChI is InChI=1S/C24H27ClN4O3/c1-32-21-8-3-18(4-9-21)5-10-24(31)29-12-2-11-28(13-14-29)17-23(30)27-20-7-6-19(16-26)22(25)15-20/h3-4,6-9,15H,2,5,10-14,17H2,1H3,(H,27,30). The molecule has 0 bridgehead atoms. The Morgan fingerprint density at radius 3 is 2.59 bits per heavy atom. The lowest BCUT2D eigenvalue weighted by atomic mass is 10.1. The monoisotopic (exact) mass is 454 g/mol. The van der Waals surface area contributed by atoms with Gasteiger partial charge in [0, 0.05) is 38.3 Å². The second-order valence-electron chi connectivity index (χ2n) is 7.71. The van der Waals surface area contributed by atoms with Crippen LogP contribution in [0.25, 0.3) is 0 Å². The van der Waals surface area contributed by atoms with E-state index < -0.39 is 0 Å². The summed E-state index contributed by atoms with van der Waals surface area (Å²) in [7, 11) is 1.63. The van der Waals surface area contributed by atoms with E-state index in [1.807, 2.05) is 35.2 Å². The molecule has 0 saturated carbocycles. The quantitative estimate of drug-likeness (QED) is 0.693. The maximum atomic E-state index is 12.7. The summed E-state index contributed by atoms with van der Waals surface area (Å²) < 4.78 is 5.16. The van der Waals surface area contributed by atoms with Crippen molar-refractivity contribution in [1.29, 1.82) is 5.26 Å². The topological polar surface area (TPSA) is 85.7 Å². The number of benzene rings is 2. The summed E-state index contributed by atoms with van der Waals surface area (Å²) in [6, 6.07) is 14.6. The van der Waals surface area contributed by atoms with Crippen LogP contribution in [0.5, 0.6) is 5.75 Å². The largest absolute Gasteiger partial charge is 0.497 e. The molecule has 1 fully saturated rings. The first kappa shape index (κ1) is 23.6. The minimum atomic E-state index is -0.148. The van der Waals surface area contributed by atoms with Gasteiger partial charge in [0.25, 0.3) is 0 Å². The summed E-state index contributed by atoms with van der Waals surface area (Å²) in [6.07, 6.45) is 1.98. The van der Waals surface area contributed by atoms with Gasteiger partial charge >= 0.3 is 0 Å². The fourth-order valence-electron chi connectivity index (χ4n) is 3.67. The molecule has 1 saturated heterocycles. The van der Waals surface area contributed by atoms with Gasteiger partial charge in [0.1, 0.15) is 11.8 Å². The van der Waals surface area contributed by atoms with Gasteiger partial charge in [-0.25, -0.2) is 0 Å². The number of carbonyl (C=O) groups is 2. The van der Waals surface area contributed by atoms with Gasteiger partial charge in [-0.2, -0.15) is 5.26 Å². The summed E-state index contributed by atoms with van der Waals surface area (Å²) in [5.74, 6) is 0.795. The fourth-order valence-corrected chi connectivity index (χ4v) is 3.89. The second kappa shape index (κ2) is 11.5. The minimum absolute atomic E-state index is 0.138. The van der Waals surface area contributed by atoms with Gasteiger partial charge in [-0.3, -0.25) is 14.5 Å². The number of nitrogens with one attached hydrogen (secondary N) is 1. The van der Waals surface area contributed by atoms with Crippen LogP contribution in [0.1, 0.15) is 24.0 Å². The van der Waals surface area contributed by atoms with Crippen molar-refractivity contribution in [2.75, 3.05) is 45.2 Å². The molecule has 1 aliphatic heterocycles. The van der Waals surface area contributed by atoms with Crippen LogP contribution in [0.3, 0.4) is 0 Å². The highest BCUT2D eigenvalue weighted by atomic mass is 35.5. The van der Waals surface area contributed by atoms with Gasteiger partial charge in [0.05, 0.1) is 24.2 Å². The third kappa shape index (κ3) is 6.71. The molecule has 1 N–H and O–H groups in total. The van der Waals surface area contributed by atoms with Crippen LogP contribution in [0, 0.1) is 11.3 Å². The molecular formula is C24H27ClN4O3. The molecule has 168 valence electrons. The molecule has 2 aromatic carbocycles. The van der Waals surface area contributed by atoms with E-state index in [9.17, 15) is 9.59 Å². The van der Waals surface area contributed by atoms with E-state index in [0.717, 1.165) is 24.3 Å². The highest BCUT2D eigenvalue weighted by Crippen LogP contribution is 2.20. The zero-order valence-electron chi connectivity index (χ0n) is 18.1. The number of amides is 2. The van der Waals surface area contributed by atoms with Crippen molar-refractivity contribution in [2.24, 2.45) is 0 Å². The minimum Gasteiger partial charge on any atom is -0.497 e. The van der Waals surface area contributed by atoms with Crippen LogP contribution in [-0.2, 0) is 16.0 Å². The highest BCUT2D eigenvalue weighted by Gasteiger charge is 2.20. The molecule has 2 amide bonds. The number of nitrogens with zero attached hydrogens (tertiary/aromatic N) is 3. The number of hydrogen-bond donors (Lipinski definition) is 1. The summed E-state index contributed by atoms with van der Waals surface area (Å²) in [5, 5.41) is 12.1. The van der Waals surface area contributed by atoms with Gasteiger partial charge < -0.3 is 15.0 Å². The van der Waals surface area contributed by atoms with E-state index in [-0.39, 0.29) is 18.4 Å². The van der Waals surface area contributed by atoms with Gasteiger partial charge in [-0.05, 0) is 48.7 Å². The van der Waals surface area contributed by atoms with Crippen molar-refractivity contribution >= 4 is 29.1 Å². The maximum absolute atomic E-state index is 12.7. The molecule has 0 unspecified atom stereocenters. The van der Waals surface area contributed by atoms with Crippen LogP contribution in [0.2, 0.25) is 5.02 Å². The van der Waals surface area contributed by atoms with E-state index >= 15 is 0 Å². The Hall–Kier alpha value is -3.08. The number of hydrogen-bond acceptors (Lipinski definition) is 5. The first-order valence-corrected chi connectivity index (χ1v) is 11.0. The Morgan fingerprint density at radius 1 is 1.12 bits per heavy atom. The third-order valence-electron chi connectivity index (χ3n) is 5.47. The van der Waals surface area contributed by atoms with Crippen molar-refractivity contribution in [3.8, 4) is 11.8 Å². The summed E-state index contributed by atoms with van der Waals surface area (Å²) in [6.45, 7) is 2.95. The summed E-state index contributed by atoms with van der Waals surface area (Å²) in [4.78, 5) is 29.0. The number of carbonyl (C=O) groups excluding carboxylic acids is 2. The molecule has 0 aliphatic carbocycles. The van der Waals surface area contributed by atoms with Crippen molar-refractivity contribution < 1.29 is 14.3 Å². The van der Waals surface area contributed by atoms with Crippen LogP contribution in [-0.4, -0.2) is 61.4 Å². The summed E-state index contributed by atoms with van der Waals surface area (Å²) in [5.41, 5.74) is 2.04. The zero-order chi connectivity index (χ0) is 22.9. The van der Waals surface area contributed by atoms with Crippen LogP contribution >= 0.6 is 11.6 Å². The fraction of sp³-hybridized carbons (Fsp3) is 0.375. The molecule has 0 atom stereocenters. The van der Waals surface area contributed by atoms with Crippen molar-refractivity contribution in [3.05, 3.63) is 58.6 Å². The van der Waals surface area contributed by atoms with E-state index in [1.54, 1.807) is 25.3 Å². The molecule has 1 heterocycles. The number of anilines is 1. The number of aryl methyl sites for hydroxylation is 1. The molecule has 2 aromatic rings. The van der Waals surface area contributed by atoms with Crippen molar-refractivity contribution in [1.82, 2.24) is 9.80 Å². The van der Waals surface area contributed by atoms with Crippen molar-refractivity contribution in [2.45, 2.75) is 19.3 Å². The lowest BCUT2D eigenvalue weighted by Crippen LogP contribution is -2.38. The first-order chi connectivity index (χ1) is 15.5.